The third-order valence-electron chi connectivity index (χ3n) is 8.13. The number of ether oxygens (including phenoxy) is 4. The highest BCUT2D eigenvalue weighted by Crippen LogP contribution is 2.31. The summed E-state index contributed by atoms with van der Waals surface area (Å²) in [6.45, 7) is 6.64. The zero-order valence-corrected chi connectivity index (χ0v) is 32.5. The predicted molar refractivity (Wildman–Crippen MR) is 229 cm³/mol. The van der Waals surface area contributed by atoms with Crippen molar-refractivity contribution in [2.45, 2.75) is 19.8 Å². The van der Waals surface area contributed by atoms with Crippen LogP contribution in [0.1, 0.15) is 27.8 Å². The van der Waals surface area contributed by atoms with Crippen molar-refractivity contribution in [3.05, 3.63) is 180 Å². The summed E-state index contributed by atoms with van der Waals surface area (Å²) in [6.07, 6.45) is 18.1. The van der Waals surface area contributed by atoms with E-state index < -0.39 is 0 Å². The minimum atomic E-state index is 0.487. The van der Waals surface area contributed by atoms with Gasteiger partial charge in [0.15, 0.2) is 41.9 Å². The van der Waals surface area contributed by atoms with Gasteiger partial charge in [-0.3, -0.25) is 4.99 Å². The Morgan fingerprint density at radius 3 is 1.78 bits per heavy atom. The summed E-state index contributed by atoms with van der Waals surface area (Å²) in [5.41, 5.74) is 6.39. The molecule has 6 nitrogen and oxygen atoms in total. The molecular weight excluding hydrogens is 709 g/mol. The molecule has 276 valence electrons. The molecule has 0 amide bonds. The first kappa shape index (κ1) is 39.8. The van der Waals surface area contributed by atoms with E-state index in [1.165, 1.54) is 0 Å². The van der Waals surface area contributed by atoms with Crippen molar-refractivity contribution in [2.75, 3.05) is 32.3 Å². The minimum Gasteiger partial charge on any atom is -0.493 e. The Labute approximate surface area is 328 Å². The lowest BCUT2D eigenvalue weighted by Gasteiger charge is -2.11. The van der Waals surface area contributed by atoms with Crippen LogP contribution in [0.2, 0.25) is 0 Å². The van der Waals surface area contributed by atoms with E-state index in [1.54, 1.807) is 14.2 Å². The summed E-state index contributed by atoms with van der Waals surface area (Å²) in [4.78, 5) is 4.56. The molecule has 54 heavy (non-hydrogen) atoms. The Kier molecular flexibility index (Phi) is 16.6. The molecule has 0 radical (unpaired) electrons. The Morgan fingerprint density at radius 2 is 1.20 bits per heavy atom. The largest absolute Gasteiger partial charge is 0.493 e. The number of allylic oxidation sites excluding steroid dienone is 4. The van der Waals surface area contributed by atoms with E-state index in [2.05, 4.69) is 52.8 Å². The number of rotatable bonds is 21. The Balaban J connectivity index is 0.977. The van der Waals surface area contributed by atoms with Gasteiger partial charge in [0.05, 0.1) is 20.0 Å². The van der Waals surface area contributed by atoms with Crippen molar-refractivity contribution < 1.29 is 23.5 Å². The zero-order chi connectivity index (χ0) is 37.6. The fraction of sp³-hybridized carbons (Fsp3) is 0.174. The number of pyridine rings is 1. The van der Waals surface area contributed by atoms with Crippen LogP contribution in [-0.2, 0) is 19.8 Å². The number of hydrogen-bond donors (Lipinski definition) is 0. The monoisotopic (exact) mass is 755 g/mol. The molecule has 1 aromatic heterocycles. The first-order chi connectivity index (χ1) is 26.6. The van der Waals surface area contributed by atoms with Crippen molar-refractivity contribution in [2.24, 2.45) is 4.99 Å². The second kappa shape index (κ2) is 22.6. The van der Waals surface area contributed by atoms with Crippen molar-refractivity contribution in [1.29, 1.82) is 0 Å². The topological polar surface area (TPSA) is 53.2 Å². The van der Waals surface area contributed by atoms with Gasteiger partial charge in [-0.05, 0) is 63.7 Å². The quantitative estimate of drug-likeness (QED) is 0.0244. The molecule has 8 heteroatoms. The number of nitrogens with zero attached hydrogens (tertiary/aromatic N) is 2. The molecule has 5 rings (SSSR count). The molecule has 0 aliphatic heterocycles. The lowest BCUT2D eigenvalue weighted by Crippen LogP contribution is -2.33. The Bertz CT molecular complexity index is 2010. The Morgan fingerprint density at radius 1 is 0.648 bits per heavy atom. The normalized spacial score (nSPS) is 11.7. The molecule has 0 spiro atoms. The van der Waals surface area contributed by atoms with Crippen molar-refractivity contribution in [3.63, 3.8) is 0 Å². The van der Waals surface area contributed by atoms with Gasteiger partial charge in [-0.25, -0.2) is 4.57 Å². The lowest BCUT2D eigenvalue weighted by molar-refractivity contribution is -0.692. The standard InChI is InChI=1S/C46H47N2O4S2/c1-4-37(15-17-39-19-21-43(45(33-39)49-2)51-35-41-11-7-5-8-12-41)23-26-47-27-31-53-54-32-30-48-28-24-38(25-29-48)16-18-40-20-22-44(46(34-40)50-3)52-36-42-13-9-6-10-14-42/h4-26,28-29,33-34H,1,27,30-32,35-36H2,2-3H3/q+1/b17-15+,18-16+,37-23+,47-26?. The summed E-state index contributed by atoms with van der Waals surface area (Å²) < 4.78 is 25.4. The maximum atomic E-state index is 5.99. The molecule has 5 aromatic rings. The van der Waals surface area contributed by atoms with Crippen molar-refractivity contribution >= 4 is 46.0 Å². The zero-order valence-electron chi connectivity index (χ0n) is 30.9. The Hall–Kier alpha value is -5.44. The van der Waals surface area contributed by atoms with Gasteiger partial charge < -0.3 is 18.9 Å². The average molecular weight is 756 g/mol. The summed E-state index contributed by atoms with van der Waals surface area (Å²) in [5, 5.41) is 0. The lowest BCUT2D eigenvalue weighted by atomic mass is 10.1. The van der Waals surface area contributed by atoms with Gasteiger partial charge in [-0.1, -0.05) is 131 Å². The molecule has 4 aromatic carbocycles. The molecule has 0 aliphatic rings. The van der Waals surface area contributed by atoms with Crippen LogP contribution < -0.4 is 23.5 Å². The van der Waals surface area contributed by atoms with Crippen LogP contribution in [0.15, 0.2) is 157 Å². The molecule has 0 unspecified atom stereocenters. The number of benzene rings is 4. The number of aryl methyl sites for hydroxylation is 1. The fourth-order valence-corrected chi connectivity index (χ4v) is 7.01. The molecule has 0 saturated carbocycles. The second-order valence-electron chi connectivity index (χ2n) is 12.0. The van der Waals surface area contributed by atoms with Crippen LogP contribution in [0, 0.1) is 0 Å². The molecule has 1 heterocycles. The number of hydrogen-bond acceptors (Lipinski definition) is 7. The van der Waals surface area contributed by atoms with Crippen LogP contribution in [0.3, 0.4) is 0 Å². The van der Waals surface area contributed by atoms with Crippen LogP contribution in [0.5, 0.6) is 23.0 Å². The first-order valence-corrected chi connectivity index (χ1v) is 20.2. The smallest absolute Gasteiger partial charge is 0.169 e. The summed E-state index contributed by atoms with van der Waals surface area (Å²) in [7, 11) is 7.04. The van der Waals surface area contributed by atoms with E-state index in [9.17, 15) is 0 Å². The third-order valence-corrected chi connectivity index (χ3v) is 10.5. The molecule has 0 N–H and O–H groups in total. The van der Waals surface area contributed by atoms with Crippen LogP contribution in [0.4, 0.5) is 0 Å². The van der Waals surface area contributed by atoms with E-state index in [0.717, 1.165) is 69.5 Å². The molecule has 0 atom stereocenters. The van der Waals surface area contributed by atoms with E-state index in [1.807, 2.05) is 149 Å². The van der Waals surface area contributed by atoms with Gasteiger partial charge in [-0.2, -0.15) is 0 Å². The SMILES string of the molecule is C=CC(/C=C/c1ccc(OCc2ccccc2)c(OC)c1)=C\C=NCCSSCC[n+]1ccc(/C=C/c2ccc(OCc3ccccc3)c(OC)c2)cc1. The highest BCUT2D eigenvalue weighted by atomic mass is 33.1. The van der Waals surface area contributed by atoms with Gasteiger partial charge in [-0.15, -0.1) is 0 Å². The fourth-order valence-electron chi connectivity index (χ4n) is 5.15. The first-order valence-electron chi connectivity index (χ1n) is 17.8. The summed E-state index contributed by atoms with van der Waals surface area (Å²) >= 11 is 0. The predicted octanol–water partition coefficient (Wildman–Crippen LogP) is 10.6. The van der Waals surface area contributed by atoms with E-state index >= 15 is 0 Å². The molecule has 0 aliphatic carbocycles. The van der Waals surface area contributed by atoms with E-state index in [4.69, 9.17) is 18.9 Å². The van der Waals surface area contributed by atoms with Crippen LogP contribution >= 0.6 is 21.6 Å². The highest BCUT2D eigenvalue weighted by Gasteiger charge is 2.07. The van der Waals surface area contributed by atoms with E-state index in [-0.39, 0.29) is 0 Å². The molecule has 0 bridgehead atoms. The summed E-state index contributed by atoms with van der Waals surface area (Å²) in [6, 6.07) is 36.4. The van der Waals surface area contributed by atoms with E-state index in [0.29, 0.717) is 24.7 Å². The molecule has 0 saturated heterocycles. The van der Waals surface area contributed by atoms with Gasteiger partial charge in [0.2, 0.25) is 0 Å². The number of aliphatic imine (C=N–C) groups is 1. The van der Waals surface area contributed by atoms with Gasteiger partial charge in [0.25, 0.3) is 0 Å². The number of aromatic nitrogens is 1. The molecule has 0 fully saturated rings. The third kappa shape index (κ3) is 13.5. The van der Waals surface area contributed by atoms with Crippen LogP contribution in [-0.4, -0.2) is 38.5 Å². The summed E-state index contributed by atoms with van der Waals surface area (Å²) in [5.74, 6) is 4.82. The van der Waals surface area contributed by atoms with Crippen molar-refractivity contribution in [1.82, 2.24) is 0 Å². The van der Waals surface area contributed by atoms with Gasteiger partial charge in [0, 0.05) is 30.6 Å². The van der Waals surface area contributed by atoms with Crippen molar-refractivity contribution in [3.8, 4) is 23.0 Å². The maximum Gasteiger partial charge on any atom is 0.169 e. The van der Waals surface area contributed by atoms with Gasteiger partial charge in [0.1, 0.15) is 13.2 Å². The number of methoxy groups -OCH3 is 2. The van der Waals surface area contributed by atoms with Gasteiger partial charge >= 0.3 is 0 Å². The van der Waals surface area contributed by atoms with Crippen LogP contribution in [0.25, 0.3) is 18.2 Å². The highest BCUT2D eigenvalue weighted by molar-refractivity contribution is 8.76. The minimum absolute atomic E-state index is 0.487. The average Bonchev–Trinajstić information content (AvgIpc) is 3.23. The molecular formula is C46H47N2O4S2+. The second-order valence-corrected chi connectivity index (χ2v) is 14.7. The maximum absolute atomic E-state index is 5.99.